The maximum Gasteiger partial charge on any atom is 0.534 e. The fourth-order valence-corrected chi connectivity index (χ4v) is 3.62. The highest BCUT2D eigenvalue weighted by Gasteiger charge is 2.49. The van der Waals surface area contributed by atoms with Gasteiger partial charge in [0.15, 0.2) is 0 Å². The van der Waals surface area contributed by atoms with Crippen LogP contribution in [0.2, 0.25) is 5.02 Å². The maximum atomic E-state index is 13.0. The van der Waals surface area contributed by atoms with Gasteiger partial charge in [-0.3, -0.25) is 9.36 Å². The van der Waals surface area contributed by atoms with E-state index in [0.717, 1.165) is 21.8 Å². The molecule has 1 heterocycles. The van der Waals surface area contributed by atoms with E-state index in [1.807, 2.05) is 13.0 Å². The van der Waals surface area contributed by atoms with E-state index in [2.05, 4.69) is 4.18 Å². The number of hydrogen-bond donors (Lipinski definition) is 0. The number of benzene rings is 2. The Morgan fingerprint density at radius 3 is 2.41 bits per heavy atom. The van der Waals surface area contributed by atoms with E-state index in [9.17, 15) is 26.4 Å². The van der Waals surface area contributed by atoms with Crippen LogP contribution in [0.4, 0.5) is 13.2 Å². The Hall–Kier alpha value is -2.52. The lowest BCUT2D eigenvalue weighted by molar-refractivity contribution is -0.0502. The van der Waals surface area contributed by atoms with Crippen molar-refractivity contribution in [2.75, 3.05) is 0 Å². The van der Waals surface area contributed by atoms with E-state index < -0.39 is 27.1 Å². The predicted molar refractivity (Wildman–Crippen MR) is 104 cm³/mol. The van der Waals surface area contributed by atoms with Crippen LogP contribution in [0.25, 0.3) is 10.8 Å². The number of alkyl halides is 3. The lowest BCUT2D eigenvalue weighted by Gasteiger charge is -2.17. The summed E-state index contributed by atoms with van der Waals surface area (Å²) < 4.78 is 66.8. The minimum absolute atomic E-state index is 0.0516. The lowest BCUT2D eigenvalue weighted by Crippen LogP contribution is -2.31. The van der Waals surface area contributed by atoms with Crippen molar-refractivity contribution in [1.82, 2.24) is 4.57 Å². The van der Waals surface area contributed by atoms with Crippen LogP contribution in [0.1, 0.15) is 16.7 Å². The molecule has 2 aromatic carbocycles. The van der Waals surface area contributed by atoms with Crippen LogP contribution < -0.4 is 9.74 Å². The molecule has 0 amide bonds. The van der Waals surface area contributed by atoms with Crippen LogP contribution in [-0.4, -0.2) is 18.5 Å². The number of rotatable bonds is 4. The summed E-state index contributed by atoms with van der Waals surface area (Å²) in [6.07, 6.45) is 0. The minimum Gasteiger partial charge on any atom is -0.357 e. The van der Waals surface area contributed by atoms with Gasteiger partial charge in [0.25, 0.3) is 5.56 Å². The second-order valence-electron chi connectivity index (χ2n) is 6.49. The highest BCUT2D eigenvalue weighted by Crippen LogP contribution is 2.30. The van der Waals surface area contributed by atoms with Crippen LogP contribution in [-0.2, 0) is 16.7 Å². The minimum atomic E-state index is -5.97. The monoisotopic (exact) mass is 445 g/mol. The molecule has 0 aliphatic rings. The zero-order valence-corrected chi connectivity index (χ0v) is 16.8. The molecule has 0 bridgehead atoms. The Labute approximate surface area is 169 Å². The van der Waals surface area contributed by atoms with Crippen molar-refractivity contribution >= 4 is 32.5 Å². The van der Waals surface area contributed by atoms with E-state index in [4.69, 9.17) is 11.6 Å². The molecule has 0 aliphatic carbocycles. The smallest absolute Gasteiger partial charge is 0.357 e. The summed E-state index contributed by atoms with van der Waals surface area (Å²) in [7, 11) is -5.97. The first-order valence-corrected chi connectivity index (χ1v) is 10.1. The average Bonchev–Trinajstić information content (AvgIpc) is 2.58. The Balaban J connectivity index is 2.26. The molecule has 3 aromatic rings. The summed E-state index contributed by atoms with van der Waals surface area (Å²) in [5, 5.41) is 0.301. The van der Waals surface area contributed by atoms with Crippen LogP contribution in [0.3, 0.4) is 0 Å². The largest absolute Gasteiger partial charge is 0.534 e. The van der Waals surface area contributed by atoms with Gasteiger partial charge in [-0.25, -0.2) is 0 Å². The molecule has 1 aromatic heterocycles. The fourth-order valence-electron chi connectivity index (χ4n) is 2.90. The lowest BCUT2D eigenvalue weighted by atomic mass is 10.1. The topological polar surface area (TPSA) is 65.4 Å². The quantitative estimate of drug-likeness (QED) is 0.436. The number of hydrogen-bond acceptors (Lipinski definition) is 4. The zero-order chi connectivity index (χ0) is 21.6. The van der Waals surface area contributed by atoms with Crippen molar-refractivity contribution < 1.29 is 25.8 Å². The third-order valence-corrected chi connectivity index (χ3v) is 5.63. The molecule has 3 rings (SSSR count). The molecule has 0 saturated heterocycles. The van der Waals surface area contributed by atoms with Crippen molar-refractivity contribution in [3.8, 4) is 5.88 Å². The summed E-state index contributed by atoms with van der Waals surface area (Å²) in [5.74, 6) is -0.748. The molecule has 10 heteroatoms. The highest BCUT2D eigenvalue weighted by molar-refractivity contribution is 7.87. The normalized spacial score (nSPS) is 12.3. The number of aryl methyl sites for hydroxylation is 2. The first-order chi connectivity index (χ1) is 13.4. The predicted octanol–water partition coefficient (Wildman–Crippen LogP) is 4.55. The van der Waals surface area contributed by atoms with E-state index in [-0.39, 0.29) is 22.3 Å². The van der Waals surface area contributed by atoms with Crippen molar-refractivity contribution in [2.24, 2.45) is 0 Å². The SMILES string of the molecule is Cc1ccc(Cn2c(OS(=O)(=O)C(F)(F)F)cc3cccc(Cl)c3c2=O)c(C)c1. The summed E-state index contributed by atoms with van der Waals surface area (Å²) in [4.78, 5) is 13.0. The number of pyridine rings is 1. The van der Waals surface area contributed by atoms with Gasteiger partial charge in [-0.15, -0.1) is 0 Å². The Morgan fingerprint density at radius 2 is 1.79 bits per heavy atom. The van der Waals surface area contributed by atoms with Gasteiger partial charge in [0.2, 0.25) is 5.88 Å². The number of nitrogens with zero attached hydrogens (tertiary/aromatic N) is 1. The van der Waals surface area contributed by atoms with E-state index in [1.165, 1.54) is 18.2 Å². The average molecular weight is 446 g/mol. The van der Waals surface area contributed by atoms with E-state index in [0.29, 0.717) is 5.56 Å². The van der Waals surface area contributed by atoms with Gasteiger partial charge < -0.3 is 4.18 Å². The van der Waals surface area contributed by atoms with Crippen LogP contribution >= 0.6 is 11.6 Å². The summed E-state index contributed by atoms with van der Waals surface area (Å²) in [6.45, 7) is 3.44. The van der Waals surface area contributed by atoms with Gasteiger partial charge in [-0.2, -0.15) is 21.6 Å². The zero-order valence-electron chi connectivity index (χ0n) is 15.2. The molecular formula is C19H15ClF3NO4S. The maximum absolute atomic E-state index is 13.0. The van der Waals surface area contributed by atoms with E-state index in [1.54, 1.807) is 19.1 Å². The van der Waals surface area contributed by atoms with Gasteiger partial charge in [-0.1, -0.05) is 47.5 Å². The molecule has 0 unspecified atom stereocenters. The molecule has 0 radical (unpaired) electrons. The van der Waals surface area contributed by atoms with Crippen molar-refractivity contribution in [1.29, 1.82) is 0 Å². The number of halogens is 4. The molecule has 0 fully saturated rings. The Kier molecular flexibility index (Phi) is 5.40. The third-order valence-electron chi connectivity index (χ3n) is 4.35. The van der Waals surface area contributed by atoms with Crippen LogP contribution in [0.5, 0.6) is 5.88 Å². The molecule has 0 saturated carbocycles. The van der Waals surface area contributed by atoms with Crippen molar-refractivity contribution in [3.63, 3.8) is 0 Å². The molecule has 5 nitrogen and oxygen atoms in total. The van der Waals surface area contributed by atoms with Gasteiger partial charge in [0, 0.05) is 6.07 Å². The first-order valence-electron chi connectivity index (χ1n) is 8.29. The summed E-state index contributed by atoms with van der Waals surface area (Å²) in [6, 6.07) is 10.7. The van der Waals surface area contributed by atoms with Crippen LogP contribution in [0, 0.1) is 13.8 Å². The van der Waals surface area contributed by atoms with Gasteiger partial charge in [-0.05, 0) is 36.4 Å². The molecule has 0 spiro atoms. The third kappa shape index (κ3) is 4.11. The Bertz CT molecular complexity index is 1270. The Morgan fingerprint density at radius 1 is 1.10 bits per heavy atom. The first kappa shape index (κ1) is 21.2. The van der Waals surface area contributed by atoms with Gasteiger partial charge >= 0.3 is 15.6 Å². The molecule has 0 aliphatic heterocycles. The summed E-state index contributed by atoms with van der Waals surface area (Å²) in [5.41, 5.74) is -4.06. The second-order valence-corrected chi connectivity index (χ2v) is 8.44. The van der Waals surface area contributed by atoms with Crippen LogP contribution in [0.15, 0.2) is 47.3 Å². The van der Waals surface area contributed by atoms with E-state index >= 15 is 0 Å². The number of aromatic nitrogens is 1. The molecule has 29 heavy (non-hydrogen) atoms. The molecule has 0 N–H and O–H groups in total. The number of fused-ring (bicyclic) bond motifs is 1. The summed E-state index contributed by atoms with van der Waals surface area (Å²) >= 11 is 6.09. The second kappa shape index (κ2) is 7.38. The standard InChI is InChI=1S/C19H15ClF3NO4S/c1-11-6-7-14(12(2)8-11)10-24-16(28-29(26,27)19(21,22)23)9-13-4-3-5-15(20)17(13)18(24)25/h3-9H,10H2,1-2H3. The van der Waals surface area contributed by atoms with Crippen molar-refractivity contribution in [3.05, 3.63) is 74.5 Å². The van der Waals surface area contributed by atoms with Gasteiger partial charge in [0.1, 0.15) is 0 Å². The van der Waals surface area contributed by atoms with Crippen molar-refractivity contribution in [2.45, 2.75) is 25.9 Å². The molecule has 0 atom stereocenters. The fraction of sp³-hybridized carbons (Fsp3) is 0.211. The molecular weight excluding hydrogens is 431 g/mol. The highest BCUT2D eigenvalue weighted by atomic mass is 35.5. The van der Waals surface area contributed by atoms with Gasteiger partial charge in [0.05, 0.1) is 17.0 Å². The molecule has 154 valence electrons.